The van der Waals surface area contributed by atoms with Crippen molar-refractivity contribution in [3.63, 3.8) is 0 Å². The highest BCUT2D eigenvalue weighted by molar-refractivity contribution is 5.02. The average Bonchev–Trinajstić information content (AvgIpc) is 3.27. The third-order valence-corrected chi connectivity index (χ3v) is 8.32. The minimum absolute atomic E-state index is 0.0642. The van der Waals surface area contributed by atoms with E-state index in [1.807, 2.05) is 0 Å². The normalized spacial score (nSPS) is 53.8. The summed E-state index contributed by atoms with van der Waals surface area (Å²) in [7, 11) is 0. The van der Waals surface area contributed by atoms with E-state index in [0.717, 1.165) is 0 Å². The molecule has 42 heavy (non-hydrogen) atoms. The first-order chi connectivity index (χ1) is 19.8. The van der Waals surface area contributed by atoms with Crippen molar-refractivity contribution in [3.8, 4) is 0 Å². The van der Waals surface area contributed by atoms with Crippen LogP contribution in [0.25, 0.3) is 0 Å². The fourth-order valence-electron chi connectivity index (χ4n) is 5.70. The molecular formula is C23H45N5O14. The lowest BCUT2D eigenvalue weighted by molar-refractivity contribution is -0.310. The van der Waals surface area contributed by atoms with Gasteiger partial charge in [-0.2, -0.15) is 0 Å². The van der Waals surface area contributed by atoms with Crippen molar-refractivity contribution < 1.29 is 69.3 Å². The molecule has 19 nitrogen and oxygen atoms in total. The number of ether oxygens (including phenoxy) is 6. The van der Waals surface area contributed by atoms with Gasteiger partial charge in [-0.3, -0.25) is 0 Å². The maximum absolute atomic E-state index is 11.1. The van der Waals surface area contributed by atoms with E-state index in [4.69, 9.17) is 57.1 Å². The minimum atomic E-state index is -1.62. The quantitative estimate of drug-likeness (QED) is 0.114. The standard InChI is InChI=1S/C23H45N5O14/c24-2-7-13(32)15(34)10(27)21(37-7)41-19-9(4-30)39-23(17(19)36)42-20-12(31)5(25)1-6(26)18(20)40-22-11(28)16(35)14(33)8(3-29)38-22/h5-23,29-36H,1-4,24-28H2/t5-,6?,7+,8?,9-,10?,11?,12?,13-,14-,15?,16-,17?,18-,19+,20-,21-,22-,23+/m1/s1. The zero-order chi connectivity index (χ0) is 31.0. The topological polar surface area (TPSA) is 347 Å². The van der Waals surface area contributed by atoms with Crippen LogP contribution in [0, 0.1) is 0 Å². The molecule has 3 saturated heterocycles. The number of rotatable bonds is 9. The molecule has 0 spiro atoms. The average molecular weight is 616 g/mol. The molecular weight excluding hydrogens is 570 g/mol. The van der Waals surface area contributed by atoms with Crippen LogP contribution in [0.1, 0.15) is 6.42 Å². The van der Waals surface area contributed by atoms with Crippen molar-refractivity contribution in [2.24, 2.45) is 28.7 Å². The van der Waals surface area contributed by atoms with E-state index in [2.05, 4.69) is 0 Å². The monoisotopic (exact) mass is 615 g/mol. The minimum Gasteiger partial charge on any atom is -0.394 e. The molecule has 0 aromatic rings. The van der Waals surface area contributed by atoms with Gasteiger partial charge in [-0.15, -0.1) is 0 Å². The summed E-state index contributed by atoms with van der Waals surface area (Å²) in [6.45, 7) is -1.49. The lowest BCUT2D eigenvalue weighted by Crippen LogP contribution is -2.68. The van der Waals surface area contributed by atoms with E-state index in [9.17, 15) is 40.9 Å². The Hall–Kier alpha value is -0.760. The summed E-state index contributed by atoms with van der Waals surface area (Å²) < 4.78 is 34.4. The predicted octanol–water partition coefficient (Wildman–Crippen LogP) is -8.86. The number of hydrogen-bond donors (Lipinski definition) is 13. The highest BCUT2D eigenvalue weighted by Gasteiger charge is 2.54. The lowest BCUT2D eigenvalue weighted by atomic mass is 9.84. The van der Waals surface area contributed by atoms with Gasteiger partial charge in [-0.1, -0.05) is 0 Å². The molecule has 7 unspecified atom stereocenters. The molecule has 1 saturated carbocycles. The van der Waals surface area contributed by atoms with E-state index in [0.29, 0.717) is 0 Å². The van der Waals surface area contributed by atoms with Gasteiger partial charge in [0.15, 0.2) is 18.9 Å². The van der Waals surface area contributed by atoms with Crippen LogP contribution >= 0.6 is 0 Å². The molecule has 0 amide bonds. The summed E-state index contributed by atoms with van der Waals surface area (Å²) in [6.07, 6.45) is -20.5. The highest BCUT2D eigenvalue weighted by Crippen LogP contribution is 2.34. The van der Waals surface area contributed by atoms with Crippen LogP contribution in [0.5, 0.6) is 0 Å². The van der Waals surface area contributed by atoms with Gasteiger partial charge >= 0.3 is 0 Å². The molecule has 19 heteroatoms. The smallest absolute Gasteiger partial charge is 0.187 e. The van der Waals surface area contributed by atoms with E-state index >= 15 is 0 Å². The predicted molar refractivity (Wildman–Crippen MR) is 136 cm³/mol. The molecule has 19 atom stereocenters. The Morgan fingerprint density at radius 3 is 1.55 bits per heavy atom. The van der Waals surface area contributed by atoms with E-state index in [-0.39, 0.29) is 13.0 Å². The molecule has 18 N–H and O–H groups in total. The number of aliphatic hydroxyl groups excluding tert-OH is 8. The molecule has 246 valence electrons. The van der Waals surface area contributed by atoms with Crippen molar-refractivity contribution >= 4 is 0 Å². The Labute approximate surface area is 240 Å². The largest absolute Gasteiger partial charge is 0.394 e. The molecule has 1 aliphatic carbocycles. The lowest BCUT2D eigenvalue weighted by Gasteiger charge is -2.47. The van der Waals surface area contributed by atoms with Gasteiger partial charge in [0.1, 0.15) is 67.1 Å². The van der Waals surface area contributed by atoms with Gasteiger partial charge in [-0.25, -0.2) is 0 Å². The van der Waals surface area contributed by atoms with Gasteiger partial charge in [-0.05, 0) is 6.42 Å². The molecule has 3 heterocycles. The SMILES string of the molecule is NC[C@@H]1O[C@H](O[C@@H]2C(O)[C@H](O[C@@H]3C(O)[C@H](N)CC(N)[C@H]3O[C@H]3OC(CO)[C@@H](O)[C@H](O)C3N)O[C@@H]2CO)C(N)C(O)[C@@H]1O. The maximum Gasteiger partial charge on any atom is 0.187 e. The van der Waals surface area contributed by atoms with Crippen molar-refractivity contribution in [3.05, 3.63) is 0 Å². The summed E-state index contributed by atoms with van der Waals surface area (Å²) in [4.78, 5) is 0. The Balaban J connectivity index is 1.50. The zero-order valence-electron chi connectivity index (χ0n) is 22.7. The van der Waals surface area contributed by atoms with E-state index in [1.165, 1.54) is 0 Å². The second kappa shape index (κ2) is 14.1. The Morgan fingerprint density at radius 1 is 0.524 bits per heavy atom. The van der Waals surface area contributed by atoms with Crippen LogP contribution in [0.3, 0.4) is 0 Å². The first-order valence-electron chi connectivity index (χ1n) is 13.8. The summed E-state index contributed by atoms with van der Waals surface area (Å²) in [6, 6.07) is -4.30. The second-order valence-electron chi connectivity index (χ2n) is 11.2. The zero-order valence-corrected chi connectivity index (χ0v) is 22.7. The van der Waals surface area contributed by atoms with Gasteiger partial charge in [0, 0.05) is 18.6 Å². The molecule has 3 aliphatic heterocycles. The second-order valence-corrected chi connectivity index (χ2v) is 11.2. The van der Waals surface area contributed by atoms with Gasteiger partial charge in [0.2, 0.25) is 0 Å². The first kappa shape index (κ1) is 34.1. The molecule has 4 rings (SSSR count). The van der Waals surface area contributed by atoms with Crippen LogP contribution in [-0.2, 0) is 28.4 Å². The fraction of sp³-hybridized carbons (Fsp3) is 1.00. The molecule has 0 bridgehead atoms. The van der Waals surface area contributed by atoms with Crippen molar-refractivity contribution in [2.75, 3.05) is 19.8 Å². The molecule has 0 aromatic heterocycles. The van der Waals surface area contributed by atoms with Crippen molar-refractivity contribution in [2.45, 2.75) is 123 Å². The van der Waals surface area contributed by atoms with Gasteiger partial charge < -0.3 is 97.9 Å². The number of nitrogens with two attached hydrogens (primary N) is 5. The van der Waals surface area contributed by atoms with Gasteiger partial charge in [0.25, 0.3) is 0 Å². The van der Waals surface area contributed by atoms with Gasteiger partial charge in [0.05, 0.1) is 31.4 Å². The van der Waals surface area contributed by atoms with Crippen LogP contribution < -0.4 is 28.7 Å². The molecule has 0 aromatic carbocycles. The van der Waals surface area contributed by atoms with Crippen LogP contribution in [-0.4, -0.2) is 177 Å². The molecule has 4 aliphatic rings. The van der Waals surface area contributed by atoms with Crippen LogP contribution in [0.15, 0.2) is 0 Å². The molecule has 4 fully saturated rings. The molecule has 0 radical (unpaired) electrons. The van der Waals surface area contributed by atoms with Crippen LogP contribution in [0.2, 0.25) is 0 Å². The fourth-order valence-corrected chi connectivity index (χ4v) is 5.70. The summed E-state index contributed by atoms with van der Waals surface area (Å²) in [5.41, 5.74) is 29.9. The first-order valence-corrected chi connectivity index (χ1v) is 13.8. The highest BCUT2D eigenvalue weighted by atomic mass is 16.8. The summed E-state index contributed by atoms with van der Waals surface area (Å²) in [5.74, 6) is 0. The summed E-state index contributed by atoms with van der Waals surface area (Å²) in [5, 5.41) is 82.3. The van der Waals surface area contributed by atoms with Crippen LogP contribution in [0.4, 0.5) is 0 Å². The third-order valence-electron chi connectivity index (χ3n) is 8.32. The van der Waals surface area contributed by atoms with E-state index < -0.39 is 129 Å². The summed E-state index contributed by atoms with van der Waals surface area (Å²) >= 11 is 0. The third kappa shape index (κ3) is 6.60. The Kier molecular flexibility index (Phi) is 11.5. The van der Waals surface area contributed by atoms with E-state index in [1.54, 1.807) is 0 Å². The number of hydrogen-bond acceptors (Lipinski definition) is 19. The van der Waals surface area contributed by atoms with Crippen molar-refractivity contribution in [1.82, 2.24) is 0 Å². The Bertz CT molecular complexity index is 866. The van der Waals surface area contributed by atoms with Crippen molar-refractivity contribution in [1.29, 1.82) is 0 Å². The Morgan fingerprint density at radius 2 is 1.00 bits per heavy atom. The number of aliphatic hydroxyl groups is 8. The maximum atomic E-state index is 11.1.